The van der Waals surface area contributed by atoms with Crippen LogP contribution in [0.25, 0.3) is 11.1 Å². The zero-order valence-corrected chi connectivity index (χ0v) is 17.5. The van der Waals surface area contributed by atoms with E-state index in [2.05, 4.69) is 4.72 Å². The lowest BCUT2D eigenvalue weighted by molar-refractivity contribution is 0.0696. The van der Waals surface area contributed by atoms with Crippen LogP contribution in [0.15, 0.2) is 65.6 Å². The molecule has 0 amide bonds. The third-order valence-electron chi connectivity index (χ3n) is 4.90. The topological polar surface area (TPSA) is 83.5 Å². The van der Waals surface area contributed by atoms with Crippen molar-refractivity contribution >= 4 is 16.0 Å². The molecule has 0 aliphatic rings. The molecule has 0 atom stereocenters. The number of sulfonamides is 1. The molecule has 0 aliphatic carbocycles. The molecule has 0 aliphatic heterocycles. The van der Waals surface area contributed by atoms with Gasteiger partial charge < -0.3 is 5.11 Å². The van der Waals surface area contributed by atoms with Gasteiger partial charge in [0.2, 0.25) is 10.0 Å². The zero-order valence-electron chi connectivity index (χ0n) is 16.6. The molecule has 0 radical (unpaired) electrons. The van der Waals surface area contributed by atoms with E-state index in [0.29, 0.717) is 17.5 Å². The monoisotopic (exact) mass is 427 g/mol. The molecule has 0 heterocycles. The Bertz CT molecular complexity index is 1190. The summed E-state index contributed by atoms with van der Waals surface area (Å²) in [5, 5.41) is 9.18. The normalized spacial score (nSPS) is 11.4. The number of halogens is 1. The Kier molecular flexibility index (Phi) is 6.34. The molecule has 3 aromatic carbocycles. The van der Waals surface area contributed by atoms with Crippen molar-refractivity contribution < 1.29 is 22.7 Å². The third-order valence-corrected chi connectivity index (χ3v) is 6.36. The zero-order chi connectivity index (χ0) is 21.9. The van der Waals surface area contributed by atoms with Gasteiger partial charge in [0.25, 0.3) is 0 Å². The van der Waals surface area contributed by atoms with Crippen molar-refractivity contribution in [2.24, 2.45) is 0 Å². The van der Waals surface area contributed by atoms with Gasteiger partial charge in [-0.15, -0.1) is 0 Å². The van der Waals surface area contributed by atoms with Gasteiger partial charge >= 0.3 is 5.97 Å². The molecule has 156 valence electrons. The highest BCUT2D eigenvalue weighted by atomic mass is 32.2. The minimum absolute atomic E-state index is 0.0375. The second kappa shape index (κ2) is 8.77. The summed E-state index contributed by atoms with van der Waals surface area (Å²) in [6, 6.07) is 16.6. The highest BCUT2D eigenvalue weighted by Gasteiger charge is 2.17. The molecule has 30 heavy (non-hydrogen) atoms. The SMILES string of the molecule is Cc1cc(-c2ccc(CCNS(=O)(=O)c3ccc(C)c(C(=O)O)c3)cc2)ccc1F. The highest BCUT2D eigenvalue weighted by molar-refractivity contribution is 7.89. The summed E-state index contributed by atoms with van der Waals surface area (Å²) in [5.74, 6) is -1.41. The lowest BCUT2D eigenvalue weighted by Gasteiger charge is -2.09. The second-order valence-corrected chi connectivity index (χ2v) is 8.86. The van der Waals surface area contributed by atoms with E-state index < -0.39 is 16.0 Å². The Hall–Kier alpha value is -3.03. The fourth-order valence-corrected chi connectivity index (χ4v) is 4.16. The number of nitrogens with one attached hydrogen (secondary N) is 1. The molecule has 5 nitrogen and oxygen atoms in total. The van der Waals surface area contributed by atoms with Crippen molar-refractivity contribution in [1.82, 2.24) is 4.72 Å². The van der Waals surface area contributed by atoms with E-state index in [1.807, 2.05) is 24.3 Å². The summed E-state index contributed by atoms with van der Waals surface area (Å²) in [6.07, 6.45) is 0.472. The van der Waals surface area contributed by atoms with Crippen molar-refractivity contribution in [2.45, 2.75) is 25.2 Å². The maximum atomic E-state index is 13.4. The van der Waals surface area contributed by atoms with Gasteiger partial charge in [-0.05, 0) is 72.4 Å². The fraction of sp³-hybridized carbons (Fsp3) is 0.174. The van der Waals surface area contributed by atoms with Gasteiger partial charge in [-0.3, -0.25) is 0 Å². The van der Waals surface area contributed by atoms with Crippen LogP contribution in [-0.2, 0) is 16.4 Å². The number of benzene rings is 3. The highest BCUT2D eigenvalue weighted by Crippen LogP contribution is 2.22. The van der Waals surface area contributed by atoms with Crippen molar-refractivity contribution in [3.63, 3.8) is 0 Å². The van der Waals surface area contributed by atoms with Crippen LogP contribution in [0.2, 0.25) is 0 Å². The molecular weight excluding hydrogens is 405 g/mol. The van der Waals surface area contributed by atoms with E-state index in [4.69, 9.17) is 0 Å². The fourth-order valence-electron chi connectivity index (χ4n) is 3.10. The first-order chi connectivity index (χ1) is 14.2. The largest absolute Gasteiger partial charge is 0.478 e. The summed E-state index contributed by atoms with van der Waals surface area (Å²) < 4.78 is 40.9. The quantitative estimate of drug-likeness (QED) is 0.588. The van der Waals surface area contributed by atoms with Gasteiger partial charge in [-0.2, -0.15) is 0 Å². The van der Waals surface area contributed by atoms with Crippen LogP contribution in [-0.4, -0.2) is 26.0 Å². The van der Waals surface area contributed by atoms with E-state index in [9.17, 15) is 22.7 Å². The smallest absolute Gasteiger partial charge is 0.335 e. The third kappa shape index (κ3) is 4.93. The van der Waals surface area contributed by atoms with E-state index in [0.717, 1.165) is 16.7 Å². The minimum atomic E-state index is -3.81. The molecule has 0 aromatic heterocycles. The van der Waals surface area contributed by atoms with Crippen LogP contribution >= 0.6 is 0 Å². The first-order valence-electron chi connectivity index (χ1n) is 9.36. The molecule has 3 rings (SSSR count). The first kappa shape index (κ1) is 21.7. The molecular formula is C23H22FNO4S. The van der Waals surface area contributed by atoms with Gasteiger partial charge in [0, 0.05) is 6.54 Å². The maximum absolute atomic E-state index is 13.4. The number of aromatic carboxylic acids is 1. The molecule has 0 spiro atoms. The molecule has 0 saturated heterocycles. The van der Waals surface area contributed by atoms with Crippen molar-refractivity contribution in [3.8, 4) is 11.1 Å². The van der Waals surface area contributed by atoms with Gasteiger partial charge in [0.15, 0.2) is 0 Å². The Balaban J connectivity index is 1.65. The Morgan fingerprint density at radius 2 is 1.60 bits per heavy atom. The molecule has 7 heteroatoms. The predicted molar refractivity (Wildman–Crippen MR) is 114 cm³/mol. The van der Waals surface area contributed by atoms with Gasteiger partial charge in [-0.25, -0.2) is 22.3 Å². The van der Waals surface area contributed by atoms with Gasteiger partial charge in [-0.1, -0.05) is 36.4 Å². The van der Waals surface area contributed by atoms with Crippen LogP contribution in [0.4, 0.5) is 4.39 Å². The molecule has 0 unspecified atom stereocenters. The lowest BCUT2D eigenvalue weighted by Crippen LogP contribution is -2.26. The number of carboxylic acids is 1. The van der Waals surface area contributed by atoms with E-state index in [-0.39, 0.29) is 22.8 Å². The summed E-state index contributed by atoms with van der Waals surface area (Å²) in [7, 11) is -3.81. The van der Waals surface area contributed by atoms with Gasteiger partial charge in [0.05, 0.1) is 10.5 Å². The minimum Gasteiger partial charge on any atom is -0.478 e. The first-order valence-corrected chi connectivity index (χ1v) is 10.8. The number of hydrogen-bond donors (Lipinski definition) is 2. The number of carboxylic acid groups (broad SMARTS) is 1. The summed E-state index contributed by atoms with van der Waals surface area (Å²) in [4.78, 5) is 11.2. The summed E-state index contributed by atoms with van der Waals surface area (Å²) in [6.45, 7) is 3.50. The lowest BCUT2D eigenvalue weighted by atomic mass is 10.0. The Morgan fingerprint density at radius 3 is 2.23 bits per heavy atom. The van der Waals surface area contributed by atoms with Crippen LogP contribution < -0.4 is 4.72 Å². The van der Waals surface area contributed by atoms with E-state index >= 15 is 0 Å². The van der Waals surface area contributed by atoms with Crippen LogP contribution in [0, 0.1) is 19.7 Å². The van der Waals surface area contributed by atoms with Crippen LogP contribution in [0.1, 0.15) is 27.0 Å². The number of rotatable bonds is 7. The average molecular weight is 427 g/mol. The average Bonchev–Trinajstić information content (AvgIpc) is 2.70. The molecule has 0 bridgehead atoms. The molecule has 0 saturated carbocycles. The van der Waals surface area contributed by atoms with Crippen LogP contribution in [0.3, 0.4) is 0 Å². The van der Waals surface area contributed by atoms with E-state index in [1.54, 1.807) is 26.0 Å². The molecule has 3 aromatic rings. The number of aryl methyl sites for hydroxylation is 2. The number of carbonyl (C=O) groups is 1. The molecule has 2 N–H and O–H groups in total. The van der Waals surface area contributed by atoms with Crippen LogP contribution in [0.5, 0.6) is 0 Å². The standard InChI is InChI=1S/C23H22FNO4S/c1-15-3-9-20(14-21(15)23(26)27)30(28,29)25-12-11-17-4-6-18(7-5-17)19-8-10-22(24)16(2)13-19/h3-10,13-14,25H,11-12H2,1-2H3,(H,26,27). The predicted octanol–water partition coefficient (Wildman–Crippen LogP) is 4.33. The second-order valence-electron chi connectivity index (χ2n) is 7.09. The summed E-state index contributed by atoms with van der Waals surface area (Å²) in [5.41, 5.74) is 3.84. The molecule has 0 fully saturated rings. The Morgan fingerprint density at radius 1 is 0.933 bits per heavy atom. The van der Waals surface area contributed by atoms with Crippen molar-refractivity contribution in [3.05, 3.63) is 88.7 Å². The van der Waals surface area contributed by atoms with E-state index in [1.165, 1.54) is 24.3 Å². The van der Waals surface area contributed by atoms with Crippen molar-refractivity contribution in [2.75, 3.05) is 6.54 Å². The Labute approximate surface area is 175 Å². The summed E-state index contributed by atoms with van der Waals surface area (Å²) >= 11 is 0. The van der Waals surface area contributed by atoms with Gasteiger partial charge in [0.1, 0.15) is 5.82 Å². The maximum Gasteiger partial charge on any atom is 0.335 e. The number of hydrogen-bond acceptors (Lipinski definition) is 3. The van der Waals surface area contributed by atoms with Crippen molar-refractivity contribution in [1.29, 1.82) is 0 Å².